The third-order valence-electron chi connectivity index (χ3n) is 3.46. The number of amides is 1. The lowest BCUT2D eigenvalue weighted by molar-refractivity contribution is -0.385. The Hall–Kier alpha value is -3.22. The minimum atomic E-state index is -0.734. The van der Waals surface area contributed by atoms with Crippen molar-refractivity contribution >= 4 is 17.4 Å². The number of hydrogen-bond acceptors (Lipinski definition) is 5. The van der Waals surface area contributed by atoms with Crippen LogP contribution in [0.1, 0.15) is 39.6 Å². The molecule has 1 amide bonds. The Kier molecular flexibility index (Phi) is 5.26. The first-order valence-corrected chi connectivity index (χ1v) is 7.25. The Morgan fingerprint density at radius 3 is 2.29 bits per heavy atom. The minimum Gasteiger partial charge on any atom is -0.489 e. The van der Waals surface area contributed by atoms with Crippen LogP contribution in [0.2, 0.25) is 0 Å². The van der Waals surface area contributed by atoms with Gasteiger partial charge in [0.25, 0.3) is 5.69 Å². The van der Waals surface area contributed by atoms with E-state index in [1.807, 2.05) is 0 Å². The van der Waals surface area contributed by atoms with Gasteiger partial charge in [0.2, 0.25) is 5.91 Å². The Labute approximate surface area is 138 Å². The van der Waals surface area contributed by atoms with Gasteiger partial charge in [-0.05, 0) is 36.4 Å². The highest BCUT2D eigenvalue weighted by atomic mass is 16.6. The SMILES string of the molecule is CCC(=O)c1ccc(OCc2ccc(C(N)=O)cc2[N+](=O)[O-])cc1. The fourth-order valence-electron chi connectivity index (χ4n) is 2.11. The second-order valence-corrected chi connectivity index (χ2v) is 5.05. The van der Waals surface area contributed by atoms with Crippen LogP contribution in [0.4, 0.5) is 5.69 Å². The normalized spacial score (nSPS) is 10.2. The number of hydrogen-bond donors (Lipinski definition) is 1. The van der Waals surface area contributed by atoms with Crippen molar-refractivity contribution in [2.45, 2.75) is 20.0 Å². The first-order valence-electron chi connectivity index (χ1n) is 7.25. The standard InChI is InChI=1S/C17H16N2O5/c1-2-16(20)11-5-7-14(8-6-11)24-10-13-4-3-12(17(18)21)9-15(13)19(22)23/h3-9H,2,10H2,1H3,(H2,18,21). The van der Waals surface area contributed by atoms with Gasteiger partial charge in [0.15, 0.2) is 5.78 Å². The van der Waals surface area contributed by atoms with Crippen LogP contribution in [0.15, 0.2) is 42.5 Å². The fourth-order valence-corrected chi connectivity index (χ4v) is 2.11. The molecule has 0 aliphatic rings. The molecule has 2 aromatic carbocycles. The van der Waals surface area contributed by atoms with Crippen molar-refractivity contribution in [3.05, 3.63) is 69.3 Å². The summed E-state index contributed by atoms with van der Waals surface area (Å²) in [6.45, 7) is 1.73. The second-order valence-electron chi connectivity index (χ2n) is 5.05. The highest BCUT2D eigenvalue weighted by molar-refractivity contribution is 5.96. The molecule has 0 heterocycles. The van der Waals surface area contributed by atoms with Gasteiger partial charge in [-0.3, -0.25) is 19.7 Å². The van der Waals surface area contributed by atoms with Crippen molar-refractivity contribution in [3.8, 4) is 5.75 Å². The summed E-state index contributed by atoms with van der Waals surface area (Å²) in [5.74, 6) is -0.225. The Morgan fingerprint density at radius 2 is 1.75 bits per heavy atom. The number of carbonyl (C=O) groups is 2. The quantitative estimate of drug-likeness (QED) is 0.477. The number of rotatable bonds is 7. The molecule has 2 rings (SSSR count). The van der Waals surface area contributed by atoms with Crippen molar-refractivity contribution in [2.75, 3.05) is 0 Å². The van der Waals surface area contributed by atoms with Crippen LogP contribution >= 0.6 is 0 Å². The zero-order chi connectivity index (χ0) is 17.7. The third-order valence-corrected chi connectivity index (χ3v) is 3.46. The summed E-state index contributed by atoms with van der Waals surface area (Å²) in [6.07, 6.45) is 0.415. The lowest BCUT2D eigenvalue weighted by atomic mass is 10.1. The fraction of sp³-hybridized carbons (Fsp3) is 0.176. The zero-order valence-corrected chi connectivity index (χ0v) is 13.0. The molecule has 2 aromatic rings. The van der Waals surface area contributed by atoms with Crippen LogP contribution in [0, 0.1) is 10.1 Å². The molecule has 0 saturated carbocycles. The summed E-state index contributed by atoms with van der Waals surface area (Å²) in [4.78, 5) is 33.2. The molecule has 0 aromatic heterocycles. The van der Waals surface area contributed by atoms with E-state index in [0.717, 1.165) is 6.07 Å². The number of Topliss-reactive ketones (excluding diaryl/α,β-unsaturated/α-hetero) is 1. The zero-order valence-electron chi connectivity index (χ0n) is 13.0. The largest absolute Gasteiger partial charge is 0.489 e. The number of ketones is 1. The van der Waals surface area contributed by atoms with Gasteiger partial charge >= 0.3 is 0 Å². The van der Waals surface area contributed by atoms with Crippen LogP contribution in [-0.4, -0.2) is 16.6 Å². The topological polar surface area (TPSA) is 113 Å². The lowest BCUT2D eigenvalue weighted by Crippen LogP contribution is -2.12. The lowest BCUT2D eigenvalue weighted by Gasteiger charge is -2.08. The highest BCUT2D eigenvalue weighted by Crippen LogP contribution is 2.23. The number of nitrogens with two attached hydrogens (primary N) is 1. The van der Waals surface area contributed by atoms with E-state index >= 15 is 0 Å². The molecule has 0 aliphatic carbocycles. The molecule has 0 saturated heterocycles. The maximum Gasteiger partial charge on any atom is 0.276 e. The highest BCUT2D eigenvalue weighted by Gasteiger charge is 2.17. The molecule has 0 aliphatic heterocycles. The van der Waals surface area contributed by atoms with E-state index in [1.165, 1.54) is 12.1 Å². The average molecular weight is 328 g/mol. The van der Waals surface area contributed by atoms with Crippen LogP contribution in [0.25, 0.3) is 0 Å². The maximum atomic E-state index is 11.6. The van der Waals surface area contributed by atoms with Gasteiger partial charge < -0.3 is 10.5 Å². The molecule has 0 bridgehead atoms. The minimum absolute atomic E-state index is 0.0271. The Balaban J connectivity index is 2.15. The first kappa shape index (κ1) is 17.1. The van der Waals surface area contributed by atoms with Crippen LogP contribution < -0.4 is 10.5 Å². The van der Waals surface area contributed by atoms with Crippen LogP contribution in [0.5, 0.6) is 5.75 Å². The van der Waals surface area contributed by atoms with Crippen LogP contribution in [0.3, 0.4) is 0 Å². The molecular weight excluding hydrogens is 312 g/mol. The molecule has 124 valence electrons. The molecule has 24 heavy (non-hydrogen) atoms. The van der Waals surface area contributed by atoms with E-state index in [2.05, 4.69) is 0 Å². The van der Waals surface area contributed by atoms with Gasteiger partial charge in [0, 0.05) is 23.6 Å². The van der Waals surface area contributed by atoms with E-state index in [1.54, 1.807) is 31.2 Å². The smallest absolute Gasteiger partial charge is 0.276 e. The first-order chi connectivity index (χ1) is 11.4. The average Bonchev–Trinajstić information content (AvgIpc) is 2.59. The summed E-state index contributed by atoms with van der Waals surface area (Å²) in [5, 5.41) is 11.1. The van der Waals surface area contributed by atoms with E-state index in [9.17, 15) is 19.7 Å². The van der Waals surface area contributed by atoms with E-state index < -0.39 is 10.8 Å². The number of primary amides is 1. The number of nitro benzene ring substituents is 1. The molecule has 7 nitrogen and oxygen atoms in total. The third kappa shape index (κ3) is 3.95. The van der Waals surface area contributed by atoms with Gasteiger partial charge in [-0.2, -0.15) is 0 Å². The van der Waals surface area contributed by atoms with Crippen molar-refractivity contribution in [1.82, 2.24) is 0 Å². The second kappa shape index (κ2) is 7.36. The molecular formula is C17H16N2O5. The van der Waals surface area contributed by atoms with Crippen molar-refractivity contribution < 1.29 is 19.2 Å². The molecule has 0 atom stereocenters. The number of nitrogens with zero attached hydrogens (tertiary/aromatic N) is 1. The maximum absolute atomic E-state index is 11.6. The molecule has 7 heteroatoms. The van der Waals surface area contributed by atoms with Crippen molar-refractivity contribution in [3.63, 3.8) is 0 Å². The van der Waals surface area contributed by atoms with Gasteiger partial charge in [-0.25, -0.2) is 0 Å². The van der Waals surface area contributed by atoms with Gasteiger partial charge in [-0.15, -0.1) is 0 Å². The number of carbonyl (C=O) groups excluding carboxylic acids is 2. The van der Waals surface area contributed by atoms with E-state index in [4.69, 9.17) is 10.5 Å². The van der Waals surface area contributed by atoms with Crippen LogP contribution in [-0.2, 0) is 6.61 Å². The summed E-state index contributed by atoms with van der Waals surface area (Å²) in [6, 6.07) is 10.5. The van der Waals surface area contributed by atoms with E-state index in [0.29, 0.717) is 23.3 Å². The van der Waals surface area contributed by atoms with Gasteiger partial charge in [0.1, 0.15) is 12.4 Å². The predicted octanol–water partition coefficient (Wildman–Crippen LogP) is 2.87. The summed E-state index contributed by atoms with van der Waals surface area (Å²) in [5.41, 5.74) is 5.86. The monoisotopic (exact) mass is 328 g/mol. The molecule has 0 spiro atoms. The number of benzene rings is 2. The Morgan fingerprint density at radius 1 is 1.12 bits per heavy atom. The molecule has 0 unspecified atom stereocenters. The summed E-state index contributed by atoms with van der Waals surface area (Å²) < 4.78 is 5.52. The molecule has 0 fully saturated rings. The molecule has 2 N–H and O–H groups in total. The summed E-state index contributed by atoms with van der Waals surface area (Å²) in [7, 11) is 0. The summed E-state index contributed by atoms with van der Waals surface area (Å²) >= 11 is 0. The van der Waals surface area contributed by atoms with Crippen molar-refractivity contribution in [1.29, 1.82) is 0 Å². The number of nitro groups is 1. The predicted molar refractivity (Wildman–Crippen MR) is 87.0 cm³/mol. The van der Waals surface area contributed by atoms with E-state index in [-0.39, 0.29) is 23.6 Å². The van der Waals surface area contributed by atoms with Gasteiger partial charge in [0.05, 0.1) is 10.5 Å². The molecule has 0 radical (unpaired) electrons. The Bertz CT molecular complexity index is 784. The van der Waals surface area contributed by atoms with Gasteiger partial charge in [-0.1, -0.05) is 6.92 Å². The van der Waals surface area contributed by atoms with Crippen molar-refractivity contribution in [2.24, 2.45) is 5.73 Å². The number of ether oxygens (including phenoxy) is 1.